The second-order valence-corrected chi connectivity index (χ2v) is 10.8. The summed E-state index contributed by atoms with van der Waals surface area (Å²) in [4.78, 5) is 28.9. The Kier molecular flexibility index (Phi) is 9.66. The summed E-state index contributed by atoms with van der Waals surface area (Å²) in [5.41, 5.74) is 12.5. The largest absolute Gasteiger partial charge is 0.490 e. The van der Waals surface area contributed by atoms with Gasteiger partial charge in [-0.1, -0.05) is 13.8 Å². The molecule has 0 radical (unpaired) electrons. The summed E-state index contributed by atoms with van der Waals surface area (Å²) in [6.07, 6.45) is 7.71. The normalized spacial score (nSPS) is 20.9. The van der Waals surface area contributed by atoms with Gasteiger partial charge in [0, 0.05) is 44.1 Å². The van der Waals surface area contributed by atoms with E-state index in [1.165, 1.54) is 6.07 Å². The number of carbonyl (C=O) groups is 1. The highest BCUT2D eigenvalue weighted by Crippen LogP contribution is 2.31. The zero-order chi connectivity index (χ0) is 27.9. The predicted molar refractivity (Wildman–Crippen MR) is 147 cm³/mol. The van der Waals surface area contributed by atoms with E-state index in [0.717, 1.165) is 37.8 Å². The monoisotopic (exact) mass is 543 g/mol. The van der Waals surface area contributed by atoms with E-state index in [9.17, 15) is 13.6 Å². The number of nitrogens with zero attached hydrogens (tertiary/aromatic N) is 5. The van der Waals surface area contributed by atoms with Crippen LogP contribution in [0.15, 0.2) is 35.6 Å². The number of nitrogens with two attached hydrogens (primary N) is 2. The minimum absolute atomic E-state index is 0.0594. The number of hydrogen-bond donors (Lipinski definition) is 2. The van der Waals surface area contributed by atoms with Gasteiger partial charge in [0.05, 0.1) is 19.0 Å². The van der Waals surface area contributed by atoms with Crippen LogP contribution in [-0.2, 0) is 0 Å². The molecule has 9 nitrogen and oxygen atoms in total. The van der Waals surface area contributed by atoms with E-state index in [-0.39, 0.29) is 23.9 Å². The Morgan fingerprint density at radius 3 is 2.54 bits per heavy atom. The molecule has 2 amide bonds. The maximum Gasteiger partial charge on any atom is 0.345 e. The molecular weight excluding hydrogens is 504 g/mol. The topological polar surface area (TPSA) is 123 Å². The number of benzene rings is 1. The van der Waals surface area contributed by atoms with E-state index >= 15 is 0 Å². The number of aromatic nitrogens is 2. The van der Waals surface area contributed by atoms with Crippen LogP contribution in [0, 0.1) is 23.5 Å². The van der Waals surface area contributed by atoms with Crippen molar-refractivity contribution in [1.82, 2.24) is 14.9 Å². The van der Waals surface area contributed by atoms with Crippen molar-refractivity contribution in [3.63, 3.8) is 0 Å². The highest BCUT2D eigenvalue weighted by atomic mass is 19.1. The second-order valence-electron chi connectivity index (χ2n) is 10.8. The van der Waals surface area contributed by atoms with Crippen LogP contribution < -0.4 is 21.1 Å². The van der Waals surface area contributed by atoms with E-state index < -0.39 is 11.6 Å². The van der Waals surface area contributed by atoms with Gasteiger partial charge >= 0.3 is 6.03 Å². The number of anilines is 1. The Morgan fingerprint density at radius 1 is 1.15 bits per heavy atom. The Bertz CT molecular complexity index is 1140. The molecule has 2 aromatic rings. The second kappa shape index (κ2) is 13.1. The van der Waals surface area contributed by atoms with Crippen molar-refractivity contribution in [3.05, 3.63) is 47.8 Å². The van der Waals surface area contributed by atoms with Crippen molar-refractivity contribution in [2.75, 3.05) is 37.7 Å². The highest BCUT2D eigenvalue weighted by molar-refractivity contribution is 5.93. The third-order valence-corrected chi connectivity index (χ3v) is 7.64. The molecule has 2 aliphatic rings. The van der Waals surface area contributed by atoms with E-state index in [4.69, 9.17) is 16.2 Å². The molecule has 0 saturated carbocycles. The number of rotatable bonds is 8. The number of amidine groups is 1. The maximum absolute atomic E-state index is 14.2. The van der Waals surface area contributed by atoms with Crippen LogP contribution in [-0.4, -0.2) is 65.6 Å². The predicted octanol–water partition coefficient (Wildman–Crippen LogP) is 4.08. The number of ether oxygens (including phenoxy) is 1. The van der Waals surface area contributed by atoms with Crippen molar-refractivity contribution >= 4 is 17.8 Å². The molecule has 2 fully saturated rings. The first-order valence-corrected chi connectivity index (χ1v) is 13.7. The molecule has 4 rings (SSSR count). The Balaban J connectivity index is 1.17. The summed E-state index contributed by atoms with van der Waals surface area (Å²) < 4.78 is 33.7. The molecule has 212 valence electrons. The highest BCUT2D eigenvalue weighted by Gasteiger charge is 2.31. The fraction of sp³-hybridized carbons (Fsp3) is 0.571. The number of halogens is 2. The molecule has 39 heavy (non-hydrogen) atoms. The number of aliphatic imine (C=N–C) groups is 1. The Labute approximate surface area is 228 Å². The summed E-state index contributed by atoms with van der Waals surface area (Å²) in [5.74, 6) is 0.973. The lowest BCUT2D eigenvalue weighted by atomic mass is 9.85. The molecule has 1 aromatic carbocycles. The number of hydrogen-bond acceptors (Lipinski definition) is 6. The van der Waals surface area contributed by atoms with Crippen LogP contribution >= 0.6 is 0 Å². The van der Waals surface area contributed by atoms with Crippen molar-refractivity contribution in [2.24, 2.45) is 28.3 Å². The number of piperidine rings is 2. The number of likely N-dealkylation sites (tertiary alicyclic amines) is 1. The number of urea groups is 1. The lowest BCUT2D eigenvalue weighted by molar-refractivity contribution is 0.172. The van der Waals surface area contributed by atoms with Crippen LogP contribution in [0.2, 0.25) is 0 Å². The summed E-state index contributed by atoms with van der Waals surface area (Å²) in [7, 11) is 0. The molecular formula is C28H39F2N7O2. The number of amides is 2. The van der Waals surface area contributed by atoms with Crippen molar-refractivity contribution in [2.45, 2.75) is 57.9 Å². The molecule has 2 unspecified atom stereocenters. The minimum Gasteiger partial charge on any atom is -0.490 e. The van der Waals surface area contributed by atoms with Gasteiger partial charge in [0.25, 0.3) is 0 Å². The first kappa shape index (κ1) is 28.7. The molecule has 0 bridgehead atoms. The van der Waals surface area contributed by atoms with Crippen molar-refractivity contribution < 1.29 is 18.3 Å². The summed E-state index contributed by atoms with van der Waals surface area (Å²) >= 11 is 0. The van der Waals surface area contributed by atoms with Gasteiger partial charge in [-0.05, 0) is 61.8 Å². The van der Waals surface area contributed by atoms with Gasteiger partial charge in [0.2, 0.25) is 5.95 Å². The molecule has 0 spiro atoms. The van der Waals surface area contributed by atoms with Crippen LogP contribution in [0.5, 0.6) is 5.75 Å². The van der Waals surface area contributed by atoms with Gasteiger partial charge in [-0.15, -0.1) is 0 Å². The molecule has 0 aliphatic carbocycles. The minimum atomic E-state index is -0.462. The van der Waals surface area contributed by atoms with Gasteiger partial charge in [-0.2, -0.15) is 4.99 Å². The summed E-state index contributed by atoms with van der Waals surface area (Å²) in [6.45, 7) is 6.84. The Hall–Kier alpha value is -3.34. The SMILES string of the molecule is CC(C)C(N)=NC(=O)N1CCC(CCCOc2cnc(N3CCC(c4cc(F)ccc4F)C(N)C3)nc2)CC1. The first-order chi connectivity index (χ1) is 18.7. The zero-order valence-electron chi connectivity index (χ0n) is 22.7. The molecule has 2 atom stereocenters. The fourth-order valence-electron chi connectivity index (χ4n) is 5.18. The average Bonchev–Trinajstić information content (AvgIpc) is 2.93. The van der Waals surface area contributed by atoms with Crippen LogP contribution in [0.3, 0.4) is 0 Å². The van der Waals surface area contributed by atoms with Gasteiger partial charge in [0.1, 0.15) is 17.5 Å². The average molecular weight is 544 g/mol. The van der Waals surface area contributed by atoms with E-state index in [1.807, 2.05) is 18.7 Å². The smallest absolute Gasteiger partial charge is 0.345 e. The summed E-state index contributed by atoms with van der Waals surface area (Å²) in [6, 6.07) is 2.90. The van der Waals surface area contributed by atoms with E-state index in [1.54, 1.807) is 17.3 Å². The van der Waals surface area contributed by atoms with E-state index in [0.29, 0.717) is 68.2 Å². The quantitative estimate of drug-likeness (QED) is 0.292. The first-order valence-electron chi connectivity index (χ1n) is 13.7. The molecule has 11 heteroatoms. The summed E-state index contributed by atoms with van der Waals surface area (Å²) in [5, 5.41) is 0. The van der Waals surface area contributed by atoms with Gasteiger partial charge < -0.3 is 26.0 Å². The standard InChI is InChI=1S/C28H39F2N7O2/c1-18(2)26(32)35-28(38)36-10-7-19(8-11-36)4-3-13-39-21-15-33-27(34-16-21)37-12-9-22(25(31)17-37)23-14-20(29)5-6-24(23)30/h5-6,14-16,18-19,22,25H,3-4,7-13,17,31H2,1-2H3,(H2,32,35,38). The number of carbonyl (C=O) groups excluding carboxylic acids is 1. The van der Waals surface area contributed by atoms with Crippen LogP contribution in [0.1, 0.15) is 57.4 Å². The molecule has 2 saturated heterocycles. The Morgan fingerprint density at radius 2 is 1.87 bits per heavy atom. The molecule has 2 aliphatic heterocycles. The lowest BCUT2D eigenvalue weighted by Gasteiger charge is -2.37. The van der Waals surface area contributed by atoms with Crippen molar-refractivity contribution in [3.8, 4) is 5.75 Å². The van der Waals surface area contributed by atoms with Crippen LogP contribution in [0.25, 0.3) is 0 Å². The zero-order valence-corrected chi connectivity index (χ0v) is 22.7. The molecule has 3 heterocycles. The third-order valence-electron chi connectivity index (χ3n) is 7.64. The third kappa shape index (κ3) is 7.62. The lowest BCUT2D eigenvalue weighted by Crippen LogP contribution is -2.48. The van der Waals surface area contributed by atoms with E-state index in [2.05, 4.69) is 15.0 Å². The van der Waals surface area contributed by atoms with Crippen LogP contribution in [0.4, 0.5) is 19.5 Å². The molecule has 1 aromatic heterocycles. The van der Waals surface area contributed by atoms with Gasteiger partial charge in [-0.25, -0.2) is 23.5 Å². The molecule has 4 N–H and O–H groups in total. The maximum atomic E-state index is 14.2. The van der Waals surface area contributed by atoms with Crippen molar-refractivity contribution in [1.29, 1.82) is 0 Å². The fourth-order valence-corrected chi connectivity index (χ4v) is 5.18. The van der Waals surface area contributed by atoms with Gasteiger partial charge in [0.15, 0.2) is 5.75 Å². The van der Waals surface area contributed by atoms with Gasteiger partial charge in [-0.3, -0.25) is 0 Å².